The Balaban J connectivity index is 2.82. The van der Waals surface area contributed by atoms with Crippen LogP contribution in [-0.2, 0) is 0 Å². The number of nitrogens with zero attached hydrogens (tertiary/aromatic N) is 2. The highest BCUT2D eigenvalue weighted by molar-refractivity contribution is 7.05. The van der Waals surface area contributed by atoms with Crippen LogP contribution in [0.3, 0.4) is 0 Å². The second-order valence-electron chi connectivity index (χ2n) is 4.30. The molecule has 0 spiro atoms. The monoisotopic (exact) mass is 227 g/mol. The predicted molar refractivity (Wildman–Crippen MR) is 65.4 cm³/mol. The van der Waals surface area contributed by atoms with Gasteiger partial charge in [0.2, 0.25) is 0 Å². The van der Waals surface area contributed by atoms with Crippen molar-refractivity contribution in [1.29, 1.82) is 0 Å². The summed E-state index contributed by atoms with van der Waals surface area (Å²) in [6.45, 7) is 11.8. The smallest absolute Gasteiger partial charge is 0.139 e. The zero-order valence-electron chi connectivity index (χ0n) is 10.2. The lowest BCUT2D eigenvalue weighted by Crippen LogP contribution is -2.34. The van der Waals surface area contributed by atoms with Crippen LogP contribution >= 0.6 is 11.5 Å². The number of aromatic nitrogens is 2. The summed E-state index contributed by atoms with van der Waals surface area (Å²) in [6.07, 6.45) is 0. The Hall–Kier alpha value is -0.480. The molecule has 2 atom stereocenters. The number of aryl methyl sites for hydroxylation is 1. The number of rotatable bonds is 5. The lowest BCUT2D eigenvalue weighted by atomic mass is 9.90. The van der Waals surface area contributed by atoms with Crippen molar-refractivity contribution in [2.75, 3.05) is 6.54 Å². The van der Waals surface area contributed by atoms with E-state index in [1.165, 1.54) is 11.5 Å². The van der Waals surface area contributed by atoms with Crippen LogP contribution in [0.2, 0.25) is 0 Å². The van der Waals surface area contributed by atoms with Gasteiger partial charge in [-0.3, -0.25) is 0 Å². The second-order valence-corrected chi connectivity index (χ2v) is 5.08. The Kier molecular flexibility index (Phi) is 4.67. The zero-order chi connectivity index (χ0) is 11.4. The summed E-state index contributed by atoms with van der Waals surface area (Å²) in [5, 5.41) is 4.64. The molecule has 0 amide bonds. The Labute approximate surface area is 96.5 Å². The van der Waals surface area contributed by atoms with Crippen LogP contribution in [0, 0.1) is 12.8 Å². The van der Waals surface area contributed by atoms with Gasteiger partial charge in [-0.1, -0.05) is 20.8 Å². The lowest BCUT2D eigenvalue weighted by Gasteiger charge is -2.25. The molecule has 0 radical (unpaired) electrons. The minimum atomic E-state index is 0.461. The van der Waals surface area contributed by atoms with Gasteiger partial charge in [-0.05, 0) is 37.8 Å². The topological polar surface area (TPSA) is 37.8 Å². The molecular formula is C11H21N3S. The predicted octanol–water partition coefficient (Wildman–Crippen LogP) is 2.58. The van der Waals surface area contributed by atoms with E-state index in [1.807, 2.05) is 6.92 Å². The first-order chi connectivity index (χ1) is 7.06. The van der Waals surface area contributed by atoms with Crippen molar-refractivity contribution < 1.29 is 0 Å². The van der Waals surface area contributed by atoms with Crippen molar-refractivity contribution in [2.24, 2.45) is 5.92 Å². The molecule has 1 heterocycles. The third-order valence-electron chi connectivity index (χ3n) is 2.61. The van der Waals surface area contributed by atoms with E-state index in [1.54, 1.807) is 0 Å². The highest BCUT2D eigenvalue weighted by Gasteiger charge is 2.25. The molecule has 0 saturated carbocycles. The van der Waals surface area contributed by atoms with Crippen molar-refractivity contribution in [1.82, 2.24) is 14.7 Å². The molecule has 0 fully saturated rings. The highest BCUT2D eigenvalue weighted by atomic mass is 32.1. The third-order valence-corrected chi connectivity index (χ3v) is 3.52. The summed E-state index contributed by atoms with van der Waals surface area (Å²) in [5.41, 5.74) is 0. The fourth-order valence-corrected chi connectivity index (χ4v) is 3.01. The zero-order valence-corrected chi connectivity index (χ0v) is 11.1. The maximum atomic E-state index is 4.50. The van der Waals surface area contributed by atoms with Crippen LogP contribution in [0.5, 0.6) is 0 Å². The summed E-state index contributed by atoms with van der Waals surface area (Å²) < 4.78 is 4.27. The average Bonchev–Trinajstić information content (AvgIpc) is 2.51. The fraction of sp³-hybridized carbons (Fsp3) is 0.818. The number of hydrogen-bond acceptors (Lipinski definition) is 4. The number of hydrogen-bond donors (Lipinski definition) is 1. The Morgan fingerprint density at radius 1 is 1.33 bits per heavy atom. The van der Waals surface area contributed by atoms with Crippen LogP contribution in [0.1, 0.15) is 44.4 Å². The Morgan fingerprint density at radius 2 is 2.00 bits per heavy atom. The van der Waals surface area contributed by atoms with Crippen LogP contribution < -0.4 is 5.32 Å². The maximum Gasteiger partial charge on any atom is 0.139 e. The molecule has 0 aliphatic rings. The van der Waals surface area contributed by atoms with Crippen molar-refractivity contribution >= 4 is 11.5 Å². The van der Waals surface area contributed by atoms with Crippen molar-refractivity contribution in [3.05, 3.63) is 10.8 Å². The lowest BCUT2D eigenvalue weighted by molar-refractivity contribution is 0.381. The van der Waals surface area contributed by atoms with Gasteiger partial charge < -0.3 is 5.32 Å². The molecule has 0 aliphatic carbocycles. The Bertz CT molecular complexity index is 296. The molecule has 0 aromatic carbocycles. The van der Waals surface area contributed by atoms with E-state index in [9.17, 15) is 0 Å². The highest BCUT2D eigenvalue weighted by Crippen LogP contribution is 2.29. The first-order valence-electron chi connectivity index (χ1n) is 5.59. The van der Waals surface area contributed by atoms with E-state index >= 15 is 0 Å². The van der Waals surface area contributed by atoms with E-state index in [0.717, 1.165) is 17.4 Å². The van der Waals surface area contributed by atoms with Crippen molar-refractivity contribution in [2.45, 2.75) is 46.6 Å². The van der Waals surface area contributed by atoms with E-state index in [2.05, 4.69) is 42.4 Å². The first-order valence-corrected chi connectivity index (χ1v) is 6.37. The molecular weight excluding hydrogens is 206 g/mol. The van der Waals surface area contributed by atoms with E-state index in [0.29, 0.717) is 17.9 Å². The number of nitrogens with one attached hydrogen (secondary N) is 1. The van der Waals surface area contributed by atoms with Crippen molar-refractivity contribution in [3.8, 4) is 0 Å². The average molecular weight is 227 g/mol. The van der Waals surface area contributed by atoms with Crippen LogP contribution in [0.15, 0.2) is 0 Å². The fourth-order valence-electron chi connectivity index (χ4n) is 1.97. The van der Waals surface area contributed by atoms with Crippen LogP contribution in [0.25, 0.3) is 0 Å². The summed E-state index contributed by atoms with van der Waals surface area (Å²) in [4.78, 5) is 4.50. The minimum Gasteiger partial charge on any atom is -0.314 e. The van der Waals surface area contributed by atoms with Gasteiger partial charge >= 0.3 is 0 Å². The van der Waals surface area contributed by atoms with E-state index in [-0.39, 0.29) is 0 Å². The summed E-state index contributed by atoms with van der Waals surface area (Å²) in [6, 6.07) is 0.461. The largest absolute Gasteiger partial charge is 0.314 e. The molecule has 0 saturated heterocycles. The van der Waals surface area contributed by atoms with Crippen molar-refractivity contribution in [3.63, 3.8) is 0 Å². The molecule has 0 aliphatic heterocycles. The summed E-state index contributed by atoms with van der Waals surface area (Å²) >= 11 is 1.54. The SMILES string of the molecule is CCNC(C)C(c1nc(C)ns1)C(C)C. The standard InChI is InChI=1S/C11H21N3S/c1-6-12-8(4)10(7(2)3)11-13-9(5)14-15-11/h7-8,10,12H,6H2,1-5H3. The summed E-state index contributed by atoms with van der Waals surface area (Å²) in [5.74, 6) is 1.95. The molecule has 4 heteroatoms. The molecule has 86 valence electrons. The molecule has 2 unspecified atom stereocenters. The second kappa shape index (κ2) is 5.56. The Morgan fingerprint density at radius 3 is 2.40 bits per heavy atom. The first kappa shape index (κ1) is 12.6. The van der Waals surface area contributed by atoms with Gasteiger partial charge in [-0.2, -0.15) is 4.37 Å². The minimum absolute atomic E-state index is 0.461. The van der Waals surface area contributed by atoms with Gasteiger partial charge in [0.15, 0.2) is 0 Å². The van der Waals surface area contributed by atoms with Gasteiger partial charge in [0.05, 0.1) is 0 Å². The van der Waals surface area contributed by atoms with Gasteiger partial charge in [0.25, 0.3) is 0 Å². The maximum absolute atomic E-state index is 4.50. The molecule has 15 heavy (non-hydrogen) atoms. The van der Waals surface area contributed by atoms with Gasteiger partial charge in [0.1, 0.15) is 10.8 Å². The molecule has 1 N–H and O–H groups in total. The van der Waals surface area contributed by atoms with E-state index < -0.39 is 0 Å². The van der Waals surface area contributed by atoms with Gasteiger partial charge in [-0.25, -0.2) is 4.98 Å². The van der Waals surface area contributed by atoms with Crippen LogP contribution in [0.4, 0.5) is 0 Å². The molecule has 3 nitrogen and oxygen atoms in total. The van der Waals surface area contributed by atoms with Gasteiger partial charge in [-0.15, -0.1) is 0 Å². The normalized spacial score (nSPS) is 15.6. The van der Waals surface area contributed by atoms with Crippen LogP contribution in [-0.4, -0.2) is 21.9 Å². The van der Waals surface area contributed by atoms with Gasteiger partial charge in [0, 0.05) is 12.0 Å². The summed E-state index contributed by atoms with van der Waals surface area (Å²) in [7, 11) is 0. The number of likely N-dealkylation sites (N-methyl/N-ethyl adjacent to an activating group) is 1. The molecule has 0 bridgehead atoms. The van der Waals surface area contributed by atoms with E-state index in [4.69, 9.17) is 0 Å². The molecule has 1 rings (SSSR count). The molecule has 1 aromatic heterocycles. The molecule has 1 aromatic rings. The quantitative estimate of drug-likeness (QED) is 0.840. The third kappa shape index (κ3) is 3.24.